The molecule has 2 aromatic rings. The first-order valence-electron chi connectivity index (χ1n) is 6.21. The van der Waals surface area contributed by atoms with Crippen LogP contribution in [0.5, 0.6) is 5.75 Å². The lowest BCUT2D eigenvalue weighted by Gasteiger charge is -2.19. The van der Waals surface area contributed by atoms with Gasteiger partial charge >= 0.3 is 0 Å². The number of phenols is 1. The first kappa shape index (κ1) is 12.7. The monoisotopic (exact) mass is 241 g/mol. The van der Waals surface area contributed by atoms with Gasteiger partial charge in [-0.25, -0.2) is 0 Å². The van der Waals surface area contributed by atoms with Crippen LogP contribution < -0.4 is 5.32 Å². The molecular formula is C16H19NO. The van der Waals surface area contributed by atoms with Gasteiger partial charge in [-0.1, -0.05) is 36.4 Å². The number of hydrogen-bond acceptors (Lipinski definition) is 2. The summed E-state index contributed by atoms with van der Waals surface area (Å²) in [5, 5.41) is 12.8. The van der Waals surface area contributed by atoms with Crippen LogP contribution >= 0.6 is 0 Å². The van der Waals surface area contributed by atoms with E-state index in [4.69, 9.17) is 0 Å². The number of aryl methyl sites for hydroxylation is 1. The van der Waals surface area contributed by atoms with Gasteiger partial charge in [-0.15, -0.1) is 0 Å². The van der Waals surface area contributed by atoms with E-state index in [1.54, 1.807) is 6.07 Å². The van der Waals surface area contributed by atoms with Crippen molar-refractivity contribution >= 4 is 0 Å². The second-order valence-electron chi connectivity index (χ2n) is 4.57. The first-order valence-corrected chi connectivity index (χ1v) is 6.21. The molecule has 0 spiro atoms. The summed E-state index contributed by atoms with van der Waals surface area (Å²) in [5.74, 6) is 0.326. The van der Waals surface area contributed by atoms with Crippen LogP contribution in [0.1, 0.15) is 22.7 Å². The smallest absolute Gasteiger partial charge is 0.115 e. The van der Waals surface area contributed by atoms with Gasteiger partial charge in [0.25, 0.3) is 0 Å². The van der Waals surface area contributed by atoms with Crippen molar-refractivity contribution in [2.24, 2.45) is 0 Å². The average molecular weight is 241 g/mol. The lowest BCUT2D eigenvalue weighted by Crippen LogP contribution is -2.19. The third-order valence-electron chi connectivity index (χ3n) is 3.26. The zero-order valence-corrected chi connectivity index (χ0v) is 10.9. The largest absolute Gasteiger partial charge is 0.508 e. The summed E-state index contributed by atoms with van der Waals surface area (Å²) in [4.78, 5) is 0. The average Bonchev–Trinajstić information content (AvgIpc) is 2.37. The Morgan fingerprint density at radius 2 is 1.89 bits per heavy atom. The molecule has 0 saturated heterocycles. The topological polar surface area (TPSA) is 32.3 Å². The van der Waals surface area contributed by atoms with Crippen LogP contribution in [0.3, 0.4) is 0 Å². The molecular weight excluding hydrogens is 222 g/mol. The predicted octanol–water partition coefficient (Wildman–Crippen LogP) is 3.20. The molecule has 0 aliphatic rings. The molecule has 0 bridgehead atoms. The van der Waals surface area contributed by atoms with E-state index in [2.05, 4.69) is 36.5 Å². The normalized spacial score (nSPS) is 12.3. The number of likely N-dealkylation sites (N-methyl/N-ethyl adjacent to an activating group) is 1. The molecule has 0 saturated carbocycles. The predicted molar refractivity (Wildman–Crippen MR) is 74.8 cm³/mol. The van der Waals surface area contributed by atoms with Crippen LogP contribution in [-0.4, -0.2) is 12.2 Å². The summed E-state index contributed by atoms with van der Waals surface area (Å²) in [7, 11) is 1.97. The fourth-order valence-corrected chi connectivity index (χ4v) is 2.26. The van der Waals surface area contributed by atoms with Crippen molar-refractivity contribution in [1.29, 1.82) is 0 Å². The summed E-state index contributed by atoms with van der Waals surface area (Å²) < 4.78 is 0. The molecule has 2 N–H and O–H groups in total. The van der Waals surface area contributed by atoms with Crippen molar-refractivity contribution in [1.82, 2.24) is 5.32 Å². The minimum Gasteiger partial charge on any atom is -0.508 e. The fraction of sp³-hybridized carbons (Fsp3) is 0.250. The van der Waals surface area contributed by atoms with E-state index < -0.39 is 0 Å². The van der Waals surface area contributed by atoms with E-state index in [1.165, 1.54) is 11.1 Å². The lowest BCUT2D eigenvalue weighted by atomic mass is 9.95. The second kappa shape index (κ2) is 5.69. The number of aromatic hydroxyl groups is 1. The van der Waals surface area contributed by atoms with Crippen molar-refractivity contribution in [2.45, 2.75) is 19.4 Å². The minimum atomic E-state index is 0.271. The summed E-state index contributed by atoms with van der Waals surface area (Å²) >= 11 is 0. The van der Waals surface area contributed by atoms with Crippen LogP contribution in [0.2, 0.25) is 0 Å². The third kappa shape index (κ3) is 2.90. The number of hydrogen-bond donors (Lipinski definition) is 2. The number of benzene rings is 2. The van der Waals surface area contributed by atoms with E-state index in [9.17, 15) is 5.11 Å². The van der Waals surface area contributed by atoms with E-state index >= 15 is 0 Å². The van der Waals surface area contributed by atoms with Crippen LogP contribution in [-0.2, 0) is 6.42 Å². The zero-order valence-electron chi connectivity index (χ0n) is 10.9. The summed E-state index contributed by atoms with van der Waals surface area (Å²) in [5.41, 5.74) is 3.73. The van der Waals surface area contributed by atoms with Crippen LogP contribution in [0.4, 0.5) is 0 Å². The number of phenolic OH excluding ortho intramolecular Hbond substituents is 1. The van der Waals surface area contributed by atoms with Gasteiger partial charge in [-0.3, -0.25) is 0 Å². The maximum atomic E-state index is 9.50. The number of rotatable bonds is 4. The Bertz CT molecular complexity index is 522. The third-order valence-corrected chi connectivity index (χ3v) is 3.26. The molecule has 0 fully saturated rings. The molecule has 18 heavy (non-hydrogen) atoms. The van der Waals surface area contributed by atoms with Gasteiger partial charge in [-0.2, -0.15) is 0 Å². The quantitative estimate of drug-likeness (QED) is 0.861. The molecule has 2 heteroatoms. The minimum absolute atomic E-state index is 0.271. The van der Waals surface area contributed by atoms with E-state index in [0.717, 1.165) is 12.0 Å². The molecule has 0 aliphatic heterocycles. The SMILES string of the molecule is CNC(Cc1cccc(O)c1)c1ccccc1C. The molecule has 2 aromatic carbocycles. The van der Waals surface area contributed by atoms with Gasteiger partial charge in [0, 0.05) is 6.04 Å². The van der Waals surface area contributed by atoms with Gasteiger partial charge in [0.2, 0.25) is 0 Å². The summed E-state index contributed by atoms with van der Waals surface area (Å²) in [6.45, 7) is 2.13. The highest BCUT2D eigenvalue weighted by molar-refractivity contribution is 5.32. The molecule has 0 heterocycles. The van der Waals surface area contributed by atoms with Gasteiger partial charge in [-0.05, 0) is 49.2 Å². The van der Waals surface area contributed by atoms with Gasteiger partial charge < -0.3 is 10.4 Å². The van der Waals surface area contributed by atoms with Gasteiger partial charge in [0.15, 0.2) is 0 Å². The van der Waals surface area contributed by atoms with E-state index in [1.807, 2.05) is 25.2 Å². The zero-order chi connectivity index (χ0) is 13.0. The molecule has 0 amide bonds. The van der Waals surface area contributed by atoms with Crippen molar-refractivity contribution in [3.63, 3.8) is 0 Å². The lowest BCUT2D eigenvalue weighted by molar-refractivity contribution is 0.473. The van der Waals surface area contributed by atoms with Crippen molar-refractivity contribution < 1.29 is 5.11 Å². The van der Waals surface area contributed by atoms with E-state index in [-0.39, 0.29) is 6.04 Å². The Labute approximate surface area is 108 Å². The van der Waals surface area contributed by atoms with E-state index in [0.29, 0.717) is 5.75 Å². The molecule has 2 nitrogen and oxygen atoms in total. The second-order valence-corrected chi connectivity index (χ2v) is 4.57. The van der Waals surface area contributed by atoms with Crippen molar-refractivity contribution in [2.75, 3.05) is 7.05 Å². The van der Waals surface area contributed by atoms with Crippen LogP contribution in [0, 0.1) is 6.92 Å². The summed E-state index contributed by atoms with van der Waals surface area (Å²) in [6, 6.07) is 16.1. The first-order chi connectivity index (χ1) is 8.70. The highest BCUT2D eigenvalue weighted by Crippen LogP contribution is 2.22. The molecule has 0 aromatic heterocycles. The molecule has 1 unspecified atom stereocenters. The van der Waals surface area contributed by atoms with Crippen molar-refractivity contribution in [3.8, 4) is 5.75 Å². The fourth-order valence-electron chi connectivity index (χ4n) is 2.26. The standard InChI is InChI=1S/C16H19NO/c1-12-6-3-4-9-15(12)16(17-2)11-13-7-5-8-14(18)10-13/h3-10,16-18H,11H2,1-2H3. The Balaban J connectivity index is 2.23. The molecule has 1 atom stereocenters. The van der Waals surface area contributed by atoms with Crippen molar-refractivity contribution in [3.05, 3.63) is 65.2 Å². The Hall–Kier alpha value is -1.80. The Morgan fingerprint density at radius 3 is 2.56 bits per heavy atom. The maximum Gasteiger partial charge on any atom is 0.115 e. The van der Waals surface area contributed by atoms with Gasteiger partial charge in [0.1, 0.15) is 5.75 Å². The Morgan fingerprint density at radius 1 is 1.11 bits per heavy atom. The highest BCUT2D eigenvalue weighted by atomic mass is 16.3. The van der Waals surface area contributed by atoms with Crippen LogP contribution in [0.25, 0.3) is 0 Å². The molecule has 94 valence electrons. The van der Waals surface area contributed by atoms with Gasteiger partial charge in [0.05, 0.1) is 0 Å². The number of nitrogens with one attached hydrogen (secondary N) is 1. The van der Waals surface area contributed by atoms with Crippen LogP contribution in [0.15, 0.2) is 48.5 Å². The maximum absolute atomic E-state index is 9.50. The highest BCUT2D eigenvalue weighted by Gasteiger charge is 2.12. The molecule has 2 rings (SSSR count). The summed E-state index contributed by atoms with van der Waals surface area (Å²) in [6.07, 6.45) is 0.871. The Kier molecular flexibility index (Phi) is 4.00. The molecule has 0 radical (unpaired) electrons. The molecule has 0 aliphatic carbocycles.